The van der Waals surface area contributed by atoms with Crippen molar-refractivity contribution in [2.75, 3.05) is 26.3 Å². The highest BCUT2D eigenvalue weighted by atomic mass is 19.1. The standard InChI is InChI=1S/C31H42F2N2O5/c1-2-39-29(30(36)37)20-24-11-15-27(16-12-24)40-19-18-35(17-7-6-10-23-8-4-3-5-9-23)31(38)34-22-25-13-14-26(32)21-28(25)33/h11-16,21,23,29H,2-10,17-20,22H2,1H3,(H,34,38)(H,36,37). The number of nitrogens with one attached hydrogen (secondary N) is 1. The van der Waals surface area contributed by atoms with E-state index in [1.165, 1.54) is 50.7 Å². The first-order valence-corrected chi connectivity index (χ1v) is 14.4. The van der Waals surface area contributed by atoms with Crippen molar-refractivity contribution in [1.82, 2.24) is 10.2 Å². The summed E-state index contributed by atoms with van der Waals surface area (Å²) in [5.74, 6) is -0.960. The molecule has 2 aromatic carbocycles. The van der Waals surface area contributed by atoms with E-state index < -0.39 is 23.7 Å². The second-order valence-corrected chi connectivity index (χ2v) is 10.4. The zero-order chi connectivity index (χ0) is 28.7. The van der Waals surface area contributed by atoms with Gasteiger partial charge in [-0.05, 0) is 43.0 Å². The number of hydrogen-bond donors (Lipinski definition) is 2. The Hall–Kier alpha value is -3.20. The Labute approximate surface area is 235 Å². The molecule has 220 valence electrons. The normalized spacial score (nSPS) is 14.5. The summed E-state index contributed by atoms with van der Waals surface area (Å²) in [6, 6.07) is 10.1. The molecule has 0 saturated heterocycles. The Balaban J connectivity index is 1.51. The highest BCUT2D eigenvalue weighted by molar-refractivity contribution is 5.74. The van der Waals surface area contributed by atoms with Crippen LogP contribution >= 0.6 is 0 Å². The molecular formula is C31H42F2N2O5. The van der Waals surface area contributed by atoms with E-state index >= 15 is 0 Å². The minimum Gasteiger partial charge on any atom is -0.492 e. The van der Waals surface area contributed by atoms with Crippen molar-refractivity contribution in [2.45, 2.75) is 77.4 Å². The van der Waals surface area contributed by atoms with Gasteiger partial charge in [0.15, 0.2) is 6.10 Å². The monoisotopic (exact) mass is 560 g/mol. The van der Waals surface area contributed by atoms with Gasteiger partial charge in [0.1, 0.15) is 24.0 Å². The van der Waals surface area contributed by atoms with Gasteiger partial charge in [-0.25, -0.2) is 18.4 Å². The molecule has 2 N–H and O–H groups in total. The SMILES string of the molecule is CCOC(Cc1ccc(OCCN(CCCCC2CCCCC2)C(=O)NCc2ccc(F)cc2F)cc1)C(=O)O. The number of aliphatic carboxylic acids is 1. The lowest BCUT2D eigenvalue weighted by Gasteiger charge is -2.25. The summed E-state index contributed by atoms with van der Waals surface area (Å²) in [4.78, 5) is 26.0. The van der Waals surface area contributed by atoms with Crippen molar-refractivity contribution in [3.05, 3.63) is 65.2 Å². The van der Waals surface area contributed by atoms with Gasteiger partial charge in [-0.2, -0.15) is 0 Å². The number of carbonyl (C=O) groups is 2. The smallest absolute Gasteiger partial charge is 0.333 e. The van der Waals surface area contributed by atoms with E-state index in [2.05, 4.69) is 5.32 Å². The Bertz CT molecular complexity index is 1060. The van der Waals surface area contributed by atoms with E-state index in [-0.39, 0.29) is 31.2 Å². The largest absolute Gasteiger partial charge is 0.492 e. The molecule has 1 saturated carbocycles. The molecule has 9 heteroatoms. The number of carboxylic acid groups (broad SMARTS) is 1. The van der Waals surface area contributed by atoms with Crippen LogP contribution in [0.4, 0.5) is 13.6 Å². The van der Waals surface area contributed by atoms with Gasteiger partial charge in [0.05, 0.1) is 6.54 Å². The maximum absolute atomic E-state index is 14.0. The molecule has 7 nitrogen and oxygen atoms in total. The van der Waals surface area contributed by atoms with E-state index in [0.29, 0.717) is 25.4 Å². The van der Waals surface area contributed by atoms with Gasteiger partial charge >= 0.3 is 12.0 Å². The molecule has 1 atom stereocenters. The zero-order valence-electron chi connectivity index (χ0n) is 23.4. The van der Waals surface area contributed by atoms with E-state index in [9.17, 15) is 23.5 Å². The van der Waals surface area contributed by atoms with Crippen molar-refractivity contribution in [1.29, 1.82) is 0 Å². The van der Waals surface area contributed by atoms with Gasteiger partial charge in [-0.3, -0.25) is 0 Å². The van der Waals surface area contributed by atoms with Crippen LogP contribution in [-0.4, -0.2) is 54.4 Å². The van der Waals surface area contributed by atoms with Crippen LogP contribution in [0.2, 0.25) is 0 Å². The molecule has 1 fully saturated rings. The summed E-state index contributed by atoms with van der Waals surface area (Å²) < 4.78 is 38.4. The van der Waals surface area contributed by atoms with Crippen LogP contribution in [0.25, 0.3) is 0 Å². The first kappa shape index (κ1) is 31.3. The van der Waals surface area contributed by atoms with Crippen molar-refractivity contribution >= 4 is 12.0 Å². The minimum atomic E-state index is -0.999. The molecule has 0 aliphatic heterocycles. The predicted molar refractivity (Wildman–Crippen MR) is 149 cm³/mol. The highest BCUT2D eigenvalue weighted by Crippen LogP contribution is 2.27. The maximum atomic E-state index is 14.0. The molecule has 0 radical (unpaired) electrons. The Morgan fingerprint density at radius 2 is 1.80 bits per heavy atom. The van der Waals surface area contributed by atoms with Crippen molar-refractivity contribution in [2.24, 2.45) is 5.92 Å². The number of rotatable bonds is 16. The third-order valence-electron chi connectivity index (χ3n) is 7.37. The topological polar surface area (TPSA) is 88.1 Å². The number of carboxylic acids is 1. The summed E-state index contributed by atoms with van der Waals surface area (Å²) in [6.07, 6.45) is 8.98. The molecule has 2 aromatic rings. The fourth-order valence-corrected chi connectivity index (χ4v) is 5.10. The zero-order valence-corrected chi connectivity index (χ0v) is 23.4. The summed E-state index contributed by atoms with van der Waals surface area (Å²) in [7, 11) is 0. The lowest BCUT2D eigenvalue weighted by Crippen LogP contribution is -2.42. The first-order valence-electron chi connectivity index (χ1n) is 14.4. The lowest BCUT2D eigenvalue weighted by atomic mass is 9.86. The van der Waals surface area contributed by atoms with Crippen molar-refractivity contribution in [3.8, 4) is 5.75 Å². The Kier molecular flexibility index (Phi) is 13.2. The van der Waals surface area contributed by atoms with Gasteiger partial charge in [0.25, 0.3) is 0 Å². The fourth-order valence-electron chi connectivity index (χ4n) is 5.10. The van der Waals surface area contributed by atoms with Crippen LogP contribution in [0, 0.1) is 17.6 Å². The second kappa shape index (κ2) is 16.8. The maximum Gasteiger partial charge on any atom is 0.333 e. The molecule has 1 aliphatic carbocycles. The van der Waals surface area contributed by atoms with Gasteiger partial charge in [-0.15, -0.1) is 0 Å². The fraction of sp³-hybridized carbons (Fsp3) is 0.548. The van der Waals surface area contributed by atoms with E-state index in [1.54, 1.807) is 36.1 Å². The predicted octanol–water partition coefficient (Wildman–Crippen LogP) is 6.34. The molecule has 0 bridgehead atoms. The molecule has 40 heavy (non-hydrogen) atoms. The van der Waals surface area contributed by atoms with Crippen LogP contribution < -0.4 is 10.1 Å². The third-order valence-corrected chi connectivity index (χ3v) is 7.37. The molecule has 2 amide bonds. The summed E-state index contributed by atoms with van der Waals surface area (Å²) in [6.45, 7) is 3.20. The molecular weight excluding hydrogens is 518 g/mol. The second-order valence-electron chi connectivity index (χ2n) is 10.4. The third kappa shape index (κ3) is 10.8. The Morgan fingerprint density at radius 3 is 2.48 bits per heavy atom. The van der Waals surface area contributed by atoms with Crippen LogP contribution in [0.5, 0.6) is 5.75 Å². The lowest BCUT2D eigenvalue weighted by molar-refractivity contribution is -0.149. The van der Waals surface area contributed by atoms with Crippen molar-refractivity contribution in [3.63, 3.8) is 0 Å². The number of halogens is 2. The van der Waals surface area contributed by atoms with Crippen molar-refractivity contribution < 1.29 is 33.0 Å². The average Bonchev–Trinajstić information content (AvgIpc) is 2.94. The number of amides is 2. The number of ether oxygens (including phenoxy) is 2. The Morgan fingerprint density at radius 1 is 1.05 bits per heavy atom. The highest BCUT2D eigenvalue weighted by Gasteiger charge is 2.19. The summed E-state index contributed by atoms with van der Waals surface area (Å²) in [5.41, 5.74) is 1.04. The van der Waals surface area contributed by atoms with E-state index in [4.69, 9.17) is 9.47 Å². The minimum absolute atomic E-state index is 0.0368. The van der Waals surface area contributed by atoms with Crippen LogP contribution in [0.15, 0.2) is 42.5 Å². The first-order chi connectivity index (χ1) is 19.4. The molecule has 0 spiro atoms. The molecule has 3 rings (SSSR count). The molecule has 0 heterocycles. The molecule has 1 unspecified atom stereocenters. The number of urea groups is 1. The van der Waals surface area contributed by atoms with Crippen LogP contribution in [-0.2, 0) is 22.5 Å². The molecule has 0 aromatic heterocycles. The number of hydrogen-bond acceptors (Lipinski definition) is 4. The summed E-state index contributed by atoms with van der Waals surface area (Å²) in [5, 5.41) is 12.0. The van der Waals surface area contributed by atoms with E-state index in [0.717, 1.165) is 30.4 Å². The quantitative estimate of drug-likeness (QED) is 0.234. The van der Waals surface area contributed by atoms with Gasteiger partial charge in [0, 0.05) is 37.7 Å². The van der Waals surface area contributed by atoms with Gasteiger partial charge in [0.2, 0.25) is 0 Å². The molecule has 1 aliphatic rings. The summed E-state index contributed by atoms with van der Waals surface area (Å²) >= 11 is 0. The number of nitrogens with zero attached hydrogens (tertiary/aromatic N) is 1. The number of carbonyl (C=O) groups excluding carboxylic acids is 1. The average molecular weight is 561 g/mol. The van der Waals surface area contributed by atoms with Gasteiger partial charge in [-0.1, -0.05) is 63.1 Å². The van der Waals surface area contributed by atoms with Crippen LogP contribution in [0.3, 0.4) is 0 Å². The van der Waals surface area contributed by atoms with E-state index in [1.807, 2.05) is 0 Å². The number of benzene rings is 2. The number of unbranched alkanes of at least 4 members (excludes halogenated alkanes) is 1. The van der Waals surface area contributed by atoms with Gasteiger partial charge < -0.3 is 24.8 Å². The van der Waals surface area contributed by atoms with Crippen LogP contribution in [0.1, 0.15) is 69.4 Å².